The number of thiophene rings is 2. The van der Waals surface area contributed by atoms with Crippen molar-refractivity contribution in [2.75, 3.05) is 5.32 Å². The van der Waals surface area contributed by atoms with E-state index in [1.54, 1.807) is 41.3 Å². The Morgan fingerprint density at radius 1 is 0.652 bits per heavy atom. The molecule has 0 spiro atoms. The van der Waals surface area contributed by atoms with Crippen LogP contribution in [-0.4, -0.2) is 66.2 Å². The highest BCUT2D eigenvalue weighted by molar-refractivity contribution is 7.14. The van der Waals surface area contributed by atoms with E-state index in [9.17, 15) is 4.79 Å². The van der Waals surface area contributed by atoms with E-state index < -0.39 is 0 Å². The normalized spacial score (nSPS) is 11.8. The first kappa shape index (κ1) is 39.4. The molecule has 12 aromatic rings. The fraction of sp³-hybridized carbons (Fsp3) is 0.100. The SMILES string of the molecule is Cc1ccncc1-c1ccc2[nH]nc(-c3cc4c(-c5sccc5-c5cc(-c6cncc(NC(=O)CC(C)C)c6)nc6c(-c7cc8c(-c9cccs9)cncc8[nH]7)n[nH]c56)cncc4[nH]3)c2n1. The van der Waals surface area contributed by atoms with Crippen LogP contribution in [0.2, 0.25) is 0 Å². The largest absolute Gasteiger partial charge is 0.352 e. The highest BCUT2D eigenvalue weighted by Crippen LogP contribution is 2.45. The molecule has 14 nitrogen and oxygen atoms in total. The Labute approximate surface area is 383 Å². The quantitative estimate of drug-likeness (QED) is 0.0887. The predicted octanol–water partition coefficient (Wildman–Crippen LogP) is 11.9. The fourth-order valence-corrected chi connectivity index (χ4v) is 10.3. The minimum absolute atomic E-state index is 0.0692. The monoisotopic (exact) mass is 899 g/mol. The van der Waals surface area contributed by atoms with Crippen LogP contribution >= 0.6 is 22.7 Å². The molecule has 12 rings (SSSR count). The molecule has 0 bridgehead atoms. The van der Waals surface area contributed by atoms with Crippen molar-refractivity contribution in [2.45, 2.75) is 27.2 Å². The Morgan fingerprint density at radius 3 is 2.18 bits per heavy atom. The van der Waals surface area contributed by atoms with Gasteiger partial charge in [-0.1, -0.05) is 19.9 Å². The van der Waals surface area contributed by atoms with Gasteiger partial charge >= 0.3 is 0 Å². The molecule has 0 aliphatic carbocycles. The maximum atomic E-state index is 12.9. The van der Waals surface area contributed by atoms with Crippen molar-refractivity contribution >= 4 is 78.1 Å². The summed E-state index contributed by atoms with van der Waals surface area (Å²) < 4.78 is 0. The first-order chi connectivity index (χ1) is 32.3. The van der Waals surface area contributed by atoms with E-state index in [-0.39, 0.29) is 11.8 Å². The third kappa shape index (κ3) is 6.81. The standard InChI is InChI=1S/C50H37N13OS2/c1-25(2)13-44(64)55-28-14-27(18-52-19-28)38-17-32(45-49(59-38)48(63-61-45)40-15-30-34(43-5-4-11-65-43)21-53-23-41(30)57-40)29-9-12-66-50(29)35-22-54-24-42-31(35)16-39(56-42)47-46-37(60-62-47)7-6-36(58-46)33-20-51-10-8-26(33)3/h4-12,14-25,56-57H,13H2,1-3H3,(H,55,64)(H,60,62)(H,61,63). The van der Waals surface area contributed by atoms with Crippen molar-refractivity contribution in [3.63, 3.8) is 0 Å². The summed E-state index contributed by atoms with van der Waals surface area (Å²) in [5.74, 6) is 0.144. The molecule has 66 heavy (non-hydrogen) atoms. The molecule has 1 amide bonds. The Kier molecular flexibility index (Phi) is 9.43. The number of aryl methyl sites for hydroxylation is 1. The molecule has 0 radical (unpaired) electrons. The summed E-state index contributed by atoms with van der Waals surface area (Å²) in [7, 11) is 0. The predicted molar refractivity (Wildman–Crippen MR) is 263 cm³/mol. The summed E-state index contributed by atoms with van der Waals surface area (Å²) in [6.07, 6.45) is 15.0. The molecule has 0 saturated heterocycles. The number of nitrogens with zero attached hydrogens (tertiary/aromatic N) is 8. The number of amides is 1. The second-order valence-corrected chi connectivity index (χ2v) is 18.5. The van der Waals surface area contributed by atoms with Crippen molar-refractivity contribution in [3.8, 4) is 77.3 Å². The minimum Gasteiger partial charge on any atom is -0.352 e. The molecular weight excluding hydrogens is 863 g/mol. The van der Waals surface area contributed by atoms with Crippen LogP contribution in [0.5, 0.6) is 0 Å². The van der Waals surface area contributed by atoms with E-state index in [2.05, 4.69) is 88.4 Å². The van der Waals surface area contributed by atoms with E-state index in [0.29, 0.717) is 34.7 Å². The number of rotatable bonds is 10. The van der Waals surface area contributed by atoms with E-state index >= 15 is 0 Å². The van der Waals surface area contributed by atoms with Crippen molar-refractivity contribution < 1.29 is 4.79 Å². The fourth-order valence-electron chi connectivity index (χ4n) is 8.64. The maximum absolute atomic E-state index is 12.9. The summed E-state index contributed by atoms with van der Waals surface area (Å²) in [4.78, 5) is 50.7. The van der Waals surface area contributed by atoms with E-state index in [1.807, 2.05) is 75.2 Å². The number of hydrogen-bond acceptors (Lipinski definition) is 11. The van der Waals surface area contributed by atoms with Gasteiger partial charge in [0, 0.05) is 91.3 Å². The van der Waals surface area contributed by atoms with Crippen LogP contribution in [0.4, 0.5) is 5.69 Å². The number of anilines is 1. The Hall–Kier alpha value is -8.21. The molecule has 0 aromatic carbocycles. The molecular formula is C50H37N13OS2. The van der Waals surface area contributed by atoms with Gasteiger partial charge in [-0.3, -0.25) is 34.9 Å². The average Bonchev–Trinajstić information content (AvgIpc) is 4.19. The van der Waals surface area contributed by atoms with Gasteiger partial charge in [-0.05, 0) is 83.8 Å². The zero-order valence-corrected chi connectivity index (χ0v) is 37.3. The van der Waals surface area contributed by atoms with Crippen molar-refractivity contribution in [1.29, 1.82) is 0 Å². The van der Waals surface area contributed by atoms with Crippen LogP contribution in [0, 0.1) is 12.8 Å². The lowest BCUT2D eigenvalue weighted by molar-refractivity contribution is -0.116. The minimum atomic E-state index is -0.0692. The molecule has 16 heteroatoms. The van der Waals surface area contributed by atoms with Crippen molar-refractivity contribution in [2.24, 2.45) is 5.92 Å². The molecule has 12 heterocycles. The van der Waals surface area contributed by atoms with Crippen LogP contribution in [0.1, 0.15) is 25.8 Å². The first-order valence-corrected chi connectivity index (χ1v) is 23.1. The average molecular weight is 900 g/mol. The smallest absolute Gasteiger partial charge is 0.224 e. The van der Waals surface area contributed by atoms with Gasteiger partial charge in [0.1, 0.15) is 22.4 Å². The van der Waals surface area contributed by atoms with Gasteiger partial charge in [0.05, 0.1) is 69.1 Å². The van der Waals surface area contributed by atoms with Crippen LogP contribution in [-0.2, 0) is 4.79 Å². The van der Waals surface area contributed by atoms with Gasteiger partial charge in [-0.2, -0.15) is 10.2 Å². The zero-order valence-electron chi connectivity index (χ0n) is 35.6. The van der Waals surface area contributed by atoms with Gasteiger partial charge in [-0.15, -0.1) is 22.7 Å². The molecule has 0 aliphatic heterocycles. The molecule has 0 aliphatic rings. The van der Waals surface area contributed by atoms with Crippen LogP contribution in [0.3, 0.4) is 0 Å². The summed E-state index contributed by atoms with van der Waals surface area (Å²) in [5, 5.41) is 25.4. The number of hydrogen-bond donors (Lipinski definition) is 5. The summed E-state index contributed by atoms with van der Waals surface area (Å²) in [5.41, 5.74) is 16.5. The number of carbonyl (C=O) groups is 1. The van der Waals surface area contributed by atoms with Gasteiger partial charge in [0.2, 0.25) is 5.91 Å². The van der Waals surface area contributed by atoms with Gasteiger partial charge in [-0.25, -0.2) is 9.97 Å². The molecule has 12 aromatic heterocycles. The summed E-state index contributed by atoms with van der Waals surface area (Å²) in [6, 6.07) is 20.5. The van der Waals surface area contributed by atoms with Crippen LogP contribution in [0.15, 0.2) is 121 Å². The highest BCUT2D eigenvalue weighted by atomic mass is 32.1. The number of H-pyrrole nitrogens is 4. The number of fused-ring (bicyclic) bond motifs is 4. The Bertz CT molecular complexity index is 3820. The van der Waals surface area contributed by atoms with Crippen LogP contribution < -0.4 is 5.32 Å². The molecule has 0 atom stereocenters. The number of aromatic nitrogens is 12. The highest BCUT2D eigenvalue weighted by Gasteiger charge is 2.24. The second kappa shape index (κ2) is 15.8. The van der Waals surface area contributed by atoms with Crippen molar-refractivity contribution in [1.82, 2.24) is 60.3 Å². The van der Waals surface area contributed by atoms with E-state index in [1.165, 1.54) is 0 Å². The number of carbonyl (C=O) groups excluding carboxylic acids is 1. The van der Waals surface area contributed by atoms with Gasteiger partial charge in [0.25, 0.3) is 0 Å². The maximum Gasteiger partial charge on any atom is 0.224 e. The molecule has 320 valence electrons. The number of aromatic amines is 4. The zero-order chi connectivity index (χ0) is 44.5. The molecule has 0 unspecified atom stereocenters. The summed E-state index contributed by atoms with van der Waals surface area (Å²) >= 11 is 3.31. The third-order valence-corrected chi connectivity index (χ3v) is 13.6. The third-order valence-electron chi connectivity index (χ3n) is 11.7. The van der Waals surface area contributed by atoms with Gasteiger partial charge in [0.15, 0.2) is 0 Å². The number of pyridine rings is 6. The Balaban J connectivity index is 1.00. The first-order valence-electron chi connectivity index (χ1n) is 21.3. The van der Waals surface area contributed by atoms with E-state index in [4.69, 9.17) is 25.1 Å². The molecule has 5 N–H and O–H groups in total. The van der Waals surface area contributed by atoms with Crippen LogP contribution in [0.25, 0.3) is 121 Å². The van der Waals surface area contributed by atoms with Crippen molar-refractivity contribution in [3.05, 3.63) is 127 Å². The Morgan fingerprint density at radius 2 is 1.39 bits per heavy atom. The topological polar surface area (TPSA) is 195 Å². The number of nitrogens with one attached hydrogen (secondary N) is 5. The van der Waals surface area contributed by atoms with E-state index in [0.717, 1.165) is 104 Å². The lowest BCUT2D eigenvalue weighted by Gasteiger charge is -2.11. The van der Waals surface area contributed by atoms with Gasteiger partial charge < -0.3 is 15.3 Å². The molecule has 0 fully saturated rings. The molecule has 0 saturated carbocycles. The lowest BCUT2D eigenvalue weighted by Crippen LogP contribution is -2.14. The second-order valence-electron chi connectivity index (χ2n) is 16.6. The summed E-state index contributed by atoms with van der Waals surface area (Å²) in [6.45, 7) is 6.10. The lowest BCUT2D eigenvalue weighted by atomic mass is 9.99.